The standard InChI is InChI=1S/C15H21NO/c1-10-3-2-4-13(10)15(16)12-5-6-14-11(9-12)7-8-17-14/h5-6,9-10,13,15H,2-4,7-8,16H2,1H3. The number of fused-ring (bicyclic) bond motifs is 1. The van der Waals surface area contributed by atoms with Crippen LogP contribution in [-0.4, -0.2) is 6.61 Å². The Morgan fingerprint density at radius 3 is 3.00 bits per heavy atom. The van der Waals surface area contributed by atoms with Crippen LogP contribution in [0.15, 0.2) is 18.2 Å². The summed E-state index contributed by atoms with van der Waals surface area (Å²) >= 11 is 0. The third kappa shape index (κ3) is 1.95. The van der Waals surface area contributed by atoms with Crippen LogP contribution in [0.25, 0.3) is 0 Å². The van der Waals surface area contributed by atoms with E-state index in [0.717, 1.165) is 24.7 Å². The Morgan fingerprint density at radius 1 is 1.35 bits per heavy atom. The van der Waals surface area contributed by atoms with E-state index in [9.17, 15) is 0 Å². The monoisotopic (exact) mass is 231 g/mol. The number of rotatable bonds is 2. The molecule has 0 bridgehead atoms. The average molecular weight is 231 g/mol. The Balaban J connectivity index is 1.83. The van der Waals surface area contributed by atoms with Gasteiger partial charge in [0.25, 0.3) is 0 Å². The fourth-order valence-corrected chi connectivity index (χ4v) is 3.37. The van der Waals surface area contributed by atoms with Crippen LogP contribution in [0.5, 0.6) is 5.75 Å². The fraction of sp³-hybridized carbons (Fsp3) is 0.600. The molecule has 1 saturated carbocycles. The maximum absolute atomic E-state index is 6.44. The van der Waals surface area contributed by atoms with Crippen molar-refractivity contribution in [3.63, 3.8) is 0 Å². The van der Waals surface area contributed by atoms with Gasteiger partial charge in [0.15, 0.2) is 0 Å². The molecule has 0 radical (unpaired) electrons. The van der Waals surface area contributed by atoms with Crippen molar-refractivity contribution in [1.29, 1.82) is 0 Å². The highest BCUT2D eigenvalue weighted by Gasteiger charge is 2.30. The highest BCUT2D eigenvalue weighted by atomic mass is 16.5. The molecule has 1 aliphatic heterocycles. The molecule has 0 aromatic heterocycles. The molecule has 17 heavy (non-hydrogen) atoms. The van der Waals surface area contributed by atoms with Crippen LogP contribution in [0.1, 0.15) is 43.4 Å². The predicted octanol–water partition coefficient (Wildman–Crippen LogP) is 3.06. The van der Waals surface area contributed by atoms with E-state index in [-0.39, 0.29) is 6.04 Å². The first-order chi connectivity index (χ1) is 8.25. The molecule has 1 aromatic carbocycles. The first-order valence-electron chi connectivity index (χ1n) is 6.77. The molecule has 2 heteroatoms. The maximum Gasteiger partial charge on any atom is 0.122 e. The molecule has 2 nitrogen and oxygen atoms in total. The molecule has 0 spiro atoms. The summed E-state index contributed by atoms with van der Waals surface area (Å²) in [5, 5.41) is 0. The molecule has 2 aliphatic rings. The first kappa shape index (κ1) is 11.1. The van der Waals surface area contributed by atoms with Crippen LogP contribution in [0.3, 0.4) is 0 Å². The highest BCUT2D eigenvalue weighted by molar-refractivity contribution is 5.40. The Bertz CT molecular complexity index is 415. The summed E-state index contributed by atoms with van der Waals surface area (Å²) in [6.45, 7) is 3.17. The second-order valence-corrected chi connectivity index (χ2v) is 5.56. The average Bonchev–Trinajstić information content (AvgIpc) is 2.95. The van der Waals surface area contributed by atoms with E-state index in [0.29, 0.717) is 5.92 Å². The summed E-state index contributed by atoms with van der Waals surface area (Å²) in [6.07, 6.45) is 5.01. The van der Waals surface area contributed by atoms with Crippen molar-refractivity contribution >= 4 is 0 Å². The van der Waals surface area contributed by atoms with Crippen molar-refractivity contribution in [3.8, 4) is 5.75 Å². The quantitative estimate of drug-likeness (QED) is 0.849. The third-order valence-electron chi connectivity index (χ3n) is 4.49. The van der Waals surface area contributed by atoms with Gasteiger partial charge in [-0.05, 0) is 35.4 Å². The number of hydrogen-bond donors (Lipinski definition) is 1. The van der Waals surface area contributed by atoms with Gasteiger partial charge in [-0.25, -0.2) is 0 Å². The molecule has 0 amide bonds. The van der Waals surface area contributed by atoms with E-state index < -0.39 is 0 Å². The van der Waals surface area contributed by atoms with Gasteiger partial charge in [-0.15, -0.1) is 0 Å². The topological polar surface area (TPSA) is 35.2 Å². The Hall–Kier alpha value is -1.02. The van der Waals surface area contributed by atoms with Gasteiger partial charge in [0, 0.05) is 12.5 Å². The minimum atomic E-state index is 0.207. The Kier molecular flexibility index (Phi) is 2.83. The lowest BCUT2D eigenvalue weighted by Crippen LogP contribution is -2.23. The summed E-state index contributed by atoms with van der Waals surface area (Å²) in [5.74, 6) is 2.49. The minimum Gasteiger partial charge on any atom is -0.493 e. The van der Waals surface area contributed by atoms with Crippen LogP contribution in [0, 0.1) is 11.8 Å². The lowest BCUT2D eigenvalue weighted by Gasteiger charge is -2.24. The molecule has 92 valence electrons. The molecule has 3 rings (SSSR count). The van der Waals surface area contributed by atoms with E-state index in [1.165, 1.54) is 30.4 Å². The molecule has 1 aromatic rings. The summed E-state index contributed by atoms with van der Waals surface area (Å²) in [7, 11) is 0. The SMILES string of the molecule is CC1CCCC1C(N)c1ccc2c(c1)CCO2. The van der Waals surface area contributed by atoms with Gasteiger partial charge in [-0.3, -0.25) is 0 Å². The number of benzene rings is 1. The first-order valence-corrected chi connectivity index (χ1v) is 6.77. The second kappa shape index (κ2) is 4.34. The molecule has 2 N–H and O–H groups in total. The predicted molar refractivity (Wildman–Crippen MR) is 69.1 cm³/mol. The number of ether oxygens (including phenoxy) is 1. The highest BCUT2D eigenvalue weighted by Crippen LogP contribution is 2.39. The largest absolute Gasteiger partial charge is 0.493 e. The summed E-state index contributed by atoms with van der Waals surface area (Å²) in [4.78, 5) is 0. The molecule has 1 aliphatic carbocycles. The van der Waals surface area contributed by atoms with Gasteiger partial charge in [-0.2, -0.15) is 0 Å². The van der Waals surface area contributed by atoms with Crippen LogP contribution in [0.4, 0.5) is 0 Å². The molecular weight excluding hydrogens is 210 g/mol. The maximum atomic E-state index is 6.44. The van der Waals surface area contributed by atoms with Crippen molar-refractivity contribution in [2.24, 2.45) is 17.6 Å². The third-order valence-corrected chi connectivity index (χ3v) is 4.49. The van der Waals surface area contributed by atoms with Gasteiger partial charge in [0.1, 0.15) is 5.75 Å². The number of nitrogens with two attached hydrogens (primary N) is 1. The Labute approximate surface area is 103 Å². The van der Waals surface area contributed by atoms with E-state index in [2.05, 4.69) is 25.1 Å². The molecular formula is C15H21NO. The van der Waals surface area contributed by atoms with Crippen molar-refractivity contribution in [3.05, 3.63) is 29.3 Å². The summed E-state index contributed by atoms with van der Waals surface area (Å²) < 4.78 is 5.54. The molecule has 1 heterocycles. The lowest BCUT2D eigenvalue weighted by atomic mass is 9.86. The van der Waals surface area contributed by atoms with E-state index in [1.54, 1.807) is 0 Å². The summed E-state index contributed by atoms with van der Waals surface area (Å²) in [6, 6.07) is 6.72. The fourth-order valence-electron chi connectivity index (χ4n) is 3.37. The van der Waals surface area contributed by atoms with Gasteiger partial charge in [-0.1, -0.05) is 31.9 Å². The lowest BCUT2D eigenvalue weighted by molar-refractivity contribution is 0.350. The van der Waals surface area contributed by atoms with Crippen molar-refractivity contribution < 1.29 is 4.74 Å². The zero-order valence-electron chi connectivity index (χ0n) is 10.5. The van der Waals surface area contributed by atoms with Gasteiger partial charge < -0.3 is 10.5 Å². The van der Waals surface area contributed by atoms with E-state index in [1.807, 2.05) is 0 Å². The zero-order chi connectivity index (χ0) is 11.8. The smallest absolute Gasteiger partial charge is 0.122 e. The van der Waals surface area contributed by atoms with Gasteiger partial charge in [0.05, 0.1) is 6.61 Å². The van der Waals surface area contributed by atoms with Crippen molar-refractivity contribution in [2.75, 3.05) is 6.61 Å². The van der Waals surface area contributed by atoms with E-state index >= 15 is 0 Å². The van der Waals surface area contributed by atoms with Gasteiger partial charge in [0.2, 0.25) is 0 Å². The van der Waals surface area contributed by atoms with E-state index in [4.69, 9.17) is 10.5 Å². The normalized spacial score (nSPS) is 28.8. The van der Waals surface area contributed by atoms with Gasteiger partial charge >= 0.3 is 0 Å². The Morgan fingerprint density at radius 2 is 2.24 bits per heavy atom. The zero-order valence-corrected chi connectivity index (χ0v) is 10.5. The van der Waals surface area contributed by atoms with Crippen LogP contribution in [0.2, 0.25) is 0 Å². The molecule has 3 atom stereocenters. The van der Waals surface area contributed by atoms with Crippen LogP contribution in [-0.2, 0) is 6.42 Å². The van der Waals surface area contributed by atoms with Crippen LogP contribution < -0.4 is 10.5 Å². The van der Waals surface area contributed by atoms with Crippen molar-refractivity contribution in [2.45, 2.75) is 38.6 Å². The molecule has 0 saturated heterocycles. The number of hydrogen-bond acceptors (Lipinski definition) is 2. The second-order valence-electron chi connectivity index (χ2n) is 5.56. The van der Waals surface area contributed by atoms with Crippen molar-refractivity contribution in [1.82, 2.24) is 0 Å². The summed E-state index contributed by atoms with van der Waals surface area (Å²) in [5.41, 5.74) is 9.08. The van der Waals surface area contributed by atoms with Crippen LogP contribution >= 0.6 is 0 Å². The molecule has 3 unspecified atom stereocenters. The molecule has 1 fully saturated rings. The minimum absolute atomic E-state index is 0.207.